The Labute approximate surface area is 109 Å². The van der Waals surface area contributed by atoms with Crippen LogP contribution in [0.5, 0.6) is 0 Å². The van der Waals surface area contributed by atoms with Gasteiger partial charge in [0.05, 0.1) is 9.79 Å². The summed E-state index contributed by atoms with van der Waals surface area (Å²) in [5, 5.41) is 0. The maximum atomic E-state index is 12.7. The van der Waals surface area contributed by atoms with Gasteiger partial charge in [0, 0.05) is 0 Å². The molecule has 0 amide bonds. The summed E-state index contributed by atoms with van der Waals surface area (Å²) in [6.45, 7) is 0. The van der Waals surface area contributed by atoms with Crippen molar-refractivity contribution in [1.82, 2.24) is 0 Å². The molecule has 0 aliphatic rings. The fourth-order valence-electron chi connectivity index (χ4n) is 1.60. The highest BCUT2D eigenvalue weighted by molar-refractivity contribution is 7.93. The molecular formula is C13H10F3NOS. The Hall–Kier alpha value is -1.82. The zero-order valence-corrected chi connectivity index (χ0v) is 10.5. The van der Waals surface area contributed by atoms with Crippen molar-refractivity contribution in [1.29, 1.82) is 0 Å². The lowest BCUT2D eigenvalue weighted by Crippen LogP contribution is -2.11. The lowest BCUT2D eigenvalue weighted by molar-refractivity contribution is -0.117. The minimum atomic E-state index is -4.86. The molecule has 0 aromatic heterocycles. The van der Waals surface area contributed by atoms with E-state index in [9.17, 15) is 17.4 Å². The van der Waals surface area contributed by atoms with E-state index in [1.807, 2.05) is 0 Å². The van der Waals surface area contributed by atoms with Gasteiger partial charge >= 0.3 is 6.30 Å². The second kappa shape index (κ2) is 5.05. The first-order valence-electron chi connectivity index (χ1n) is 5.37. The summed E-state index contributed by atoms with van der Waals surface area (Å²) >= 11 is 0. The summed E-state index contributed by atoms with van der Waals surface area (Å²) in [7, 11) is -3.70. The first-order valence-corrected chi connectivity index (χ1v) is 6.88. The number of alkyl halides is 3. The Kier molecular flexibility index (Phi) is 3.61. The summed E-state index contributed by atoms with van der Waals surface area (Å²) in [6.07, 6.45) is -4.86. The van der Waals surface area contributed by atoms with Gasteiger partial charge in [-0.05, 0) is 24.3 Å². The van der Waals surface area contributed by atoms with E-state index in [0.29, 0.717) is 0 Å². The predicted molar refractivity (Wildman–Crippen MR) is 66.0 cm³/mol. The summed E-state index contributed by atoms with van der Waals surface area (Å²) in [6, 6.07) is 14.9. The number of hydrogen-bond acceptors (Lipinski definition) is 2. The average molecular weight is 285 g/mol. The van der Waals surface area contributed by atoms with Crippen LogP contribution in [-0.2, 0) is 9.73 Å². The van der Waals surface area contributed by atoms with E-state index in [1.165, 1.54) is 48.5 Å². The Morgan fingerprint density at radius 1 is 0.789 bits per heavy atom. The molecule has 6 heteroatoms. The summed E-state index contributed by atoms with van der Waals surface area (Å²) in [5.74, 6) is 0. The molecule has 2 nitrogen and oxygen atoms in total. The van der Waals surface area contributed by atoms with Gasteiger partial charge in [-0.2, -0.15) is 0 Å². The molecule has 0 fully saturated rings. The van der Waals surface area contributed by atoms with Gasteiger partial charge in [0.15, 0.2) is 0 Å². The summed E-state index contributed by atoms with van der Waals surface area (Å²) in [4.78, 5) is 0.0806. The van der Waals surface area contributed by atoms with Crippen molar-refractivity contribution in [3.05, 3.63) is 60.7 Å². The normalized spacial score (nSPS) is 12.2. The van der Waals surface area contributed by atoms with Gasteiger partial charge in [-0.1, -0.05) is 36.4 Å². The third-order valence-electron chi connectivity index (χ3n) is 2.36. The van der Waals surface area contributed by atoms with Crippen molar-refractivity contribution in [2.24, 2.45) is 4.36 Å². The molecular weight excluding hydrogens is 275 g/mol. The van der Waals surface area contributed by atoms with Crippen LogP contribution in [0.1, 0.15) is 0 Å². The van der Waals surface area contributed by atoms with Crippen molar-refractivity contribution in [2.45, 2.75) is 16.1 Å². The Morgan fingerprint density at radius 3 is 1.47 bits per heavy atom. The minimum Gasteiger partial charge on any atom is -0.239 e. The monoisotopic (exact) mass is 285 g/mol. The molecule has 100 valence electrons. The van der Waals surface area contributed by atoms with Crippen molar-refractivity contribution >= 4 is 9.73 Å². The lowest BCUT2D eigenvalue weighted by Gasteiger charge is -2.11. The van der Waals surface area contributed by atoms with E-state index in [0.717, 1.165) is 0 Å². The molecule has 0 saturated carbocycles. The highest BCUT2D eigenvalue weighted by Gasteiger charge is 2.31. The molecule has 0 N–H and O–H groups in total. The molecule has 0 bridgehead atoms. The SMILES string of the molecule is O=S(=NC(F)(F)F)(c1ccccc1)c1ccccc1. The van der Waals surface area contributed by atoms with Gasteiger partial charge in [0.1, 0.15) is 9.73 Å². The Bertz CT molecular complexity index is 614. The van der Waals surface area contributed by atoms with E-state index < -0.39 is 16.0 Å². The molecule has 2 rings (SSSR count). The van der Waals surface area contributed by atoms with Gasteiger partial charge in [0.25, 0.3) is 0 Å². The molecule has 0 atom stereocenters. The molecule has 19 heavy (non-hydrogen) atoms. The van der Waals surface area contributed by atoms with Crippen LogP contribution in [0.2, 0.25) is 0 Å². The zero-order valence-electron chi connectivity index (χ0n) is 9.67. The van der Waals surface area contributed by atoms with Crippen molar-refractivity contribution in [3.63, 3.8) is 0 Å². The van der Waals surface area contributed by atoms with Gasteiger partial charge in [-0.15, -0.1) is 17.5 Å². The Balaban J connectivity index is 2.73. The molecule has 2 aromatic rings. The first kappa shape index (κ1) is 13.6. The first-order chi connectivity index (χ1) is 8.92. The minimum absolute atomic E-state index is 0.0403. The largest absolute Gasteiger partial charge is 0.511 e. The van der Waals surface area contributed by atoms with Gasteiger partial charge in [-0.25, -0.2) is 4.21 Å². The van der Waals surface area contributed by atoms with Gasteiger partial charge in [-0.3, -0.25) is 0 Å². The van der Waals surface area contributed by atoms with Crippen molar-refractivity contribution in [2.75, 3.05) is 0 Å². The Morgan fingerprint density at radius 2 is 1.16 bits per heavy atom. The quantitative estimate of drug-likeness (QED) is 0.764. The third-order valence-corrected chi connectivity index (χ3v) is 4.64. The second-order valence-corrected chi connectivity index (χ2v) is 5.89. The topological polar surface area (TPSA) is 29.4 Å². The highest BCUT2D eigenvalue weighted by Crippen LogP contribution is 2.29. The third kappa shape index (κ3) is 3.14. The average Bonchev–Trinajstić information content (AvgIpc) is 2.39. The number of nitrogens with zero attached hydrogens (tertiary/aromatic N) is 1. The molecule has 0 saturated heterocycles. The van der Waals surface area contributed by atoms with Crippen molar-refractivity contribution < 1.29 is 17.4 Å². The molecule has 0 heterocycles. The van der Waals surface area contributed by atoms with Crippen molar-refractivity contribution in [3.8, 4) is 0 Å². The molecule has 0 unspecified atom stereocenters. The zero-order chi connectivity index (χ0) is 13.9. The number of hydrogen-bond donors (Lipinski definition) is 0. The molecule has 2 aromatic carbocycles. The van der Waals surface area contributed by atoms with Crippen LogP contribution in [0.15, 0.2) is 74.8 Å². The summed E-state index contributed by atoms with van der Waals surface area (Å²) in [5.41, 5.74) is 0. The fraction of sp³-hybridized carbons (Fsp3) is 0.0769. The highest BCUT2D eigenvalue weighted by atomic mass is 32.2. The molecule has 0 aliphatic carbocycles. The summed E-state index contributed by atoms with van der Waals surface area (Å²) < 4.78 is 53.1. The van der Waals surface area contributed by atoms with E-state index in [-0.39, 0.29) is 9.79 Å². The lowest BCUT2D eigenvalue weighted by atomic mass is 10.4. The van der Waals surface area contributed by atoms with E-state index in [4.69, 9.17) is 0 Å². The predicted octanol–water partition coefficient (Wildman–Crippen LogP) is 4.09. The molecule has 0 spiro atoms. The van der Waals surface area contributed by atoms with Crippen LogP contribution >= 0.6 is 0 Å². The fourth-order valence-corrected chi connectivity index (χ4v) is 3.42. The maximum absolute atomic E-state index is 12.7. The van der Waals surface area contributed by atoms with E-state index in [2.05, 4.69) is 4.36 Å². The molecule has 0 aliphatic heterocycles. The molecule has 0 radical (unpaired) electrons. The van der Waals surface area contributed by atoms with Crippen LogP contribution in [-0.4, -0.2) is 10.5 Å². The van der Waals surface area contributed by atoms with Crippen LogP contribution in [0, 0.1) is 0 Å². The standard InChI is InChI=1S/C13H10F3NOS/c14-13(15,16)17-19(18,11-7-3-1-4-8-11)12-9-5-2-6-10-12/h1-10H. The number of halogens is 3. The maximum Gasteiger partial charge on any atom is 0.511 e. The van der Waals surface area contributed by atoms with Crippen LogP contribution in [0.25, 0.3) is 0 Å². The van der Waals surface area contributed by atoms with Gasteiger partial charge < -0.3 is 0 Å². The van der Waals surface area contributed by atoms with E-state index in [1.54, 1.807) is 12.1 Å². The number of benzene rings is 2. The number of rotatable bonds is 2. The van der Waals surface area contributed by atoms with Crippen LogP contribution in [0.3, 0.4) is 0 Å². The second-order valence-electron chi connectivity index (χ2n) is 3.71. The van der Waals surface area contributed by atoms with E-state index >= 15 is 0 Å². The van der Waals surface area contributed by atoms with Crippen LogP contribution < -0.4 is 0 Å². The van der Waals surface area contributed by atoms with Crippen LogP contribution in [0.4, 0.5) is 13.2 Å². The van der Waals surface area contributed by atoms with Gasteiger partial charge in [0.2, 0.25) is 0 Å². The smallest absolute Gasteiger partial charge is 0.239 e.